The molecule has 1 fully saturated rings. The molecule has 0 saturated heterocycles. The molecule has 0 radical (unpaired) electrons. The van der Waals surface area contributed by atoms with Gasteiger partial charge in [0, 0.05) is 5.54 Å². The van der Waals surface area contributed by atoms with Gasteiger partial charge in [0.1, 0.15) is 0 Å². The fourth-order valence-corrected chi connectivity index (χ4v) is 3.28. The Kier molecular flexibility index (Phi) is 5.14. The second-order valence-corrected chi connectivity index (χ2v) is 6.34. The summed E-state index contributed by atoms with van der Waals surface area (Å²) in [6, 6.07) is 4.36. The summed E-state index contributed by atoms with van der Waals surface area (Å²) < 4.78 is 27.0. The predicted octanol–water partition coefficient (Wildman–Crippen LogP) is 4.59. The predicted molar refractivity (Wildman–Crippen MR) is 78.5 cm³/mol. The average molecular weight is 281 g/mol. The van der Waals surface area contributed by atoms with Gasteiger partial charge in [-0.15, -0.1) is 0 Å². The van der Waals surface area contributed by atoms with Gasteiger partial charge in [0.15, 0.2) is 11.6 Å². The molecule has 20 heavy (non-hydrogen) atoms. The Morgan fingerprint density at radius 2 is 1.95 bits per heavy atom. The quantitative estimate of drug-likeness (QED) is 0.839. The number of halogens is 2. The maximum absolute atomic E-state index is 13.7. The van der Waals surface area contributed by atoms with Crippen LogP contribution in [-0.4, -0.2) is 5.54 Å². The molecule has 0 bridgehead atoms. The number of hydrogen-bond donors (Lipinski definition) is 1. The topological polar surface area (TPSA) is 26.0 Å². The second kappa shape index (κ2) is 6.66. The van der Waals surface area contributed by atoms with Gasteiger partial charge in [-0.3, -0.25) is 0 Å². The molecule has 0 heterocycles. The summed E-state index contributed by atoms with van der Waals surface area (Å²) in [5.41, 5.74) is 6.46. The van der Waals surface area contributed by atoms with Crippen LogP contribution in [0.2, 0.25) is 0 Å². The zero-order valence-electron chi connectivity index (χ0n) is 12.3. The summed E-state index contributed by atoms with van der Waals surface area (Å²) in [6.45, 7) is 2.21. The van der Waals surface area contributed by atoms with Crippen molar-refractivity contribution in [3.63, 3.8) is 0 Å². The zero-order chi connectivity index (χ0) is 14.6. The molecule has 2 rings (SSSR count). The lowest BCUT2D eigenvalue weighted by Crippen LogP contribution is -2.45. The molecule has 1 saturated carbocycles. The lowest BCUT2D eigenvalue weighted by atomic mass is 9.73. The van der Waals surface area contributed by atoms with E-state index in [1.54, 1.807) is 12.1 Å². The van der Waals surface area contributed by atoms with Crippen molar-refractivity contribution in [2.45, 2.75) is 63.8 Å². The molecular formula is C17H25F2N. The fourth-order valence-electron chi connectivity index (χ4n) is 3.28. The maximum Gasteiger partial charge on any atom is 0.162 e. The first-order valence-electron chi connectivity index (χ1n) is 7.76. The third-order valence-corrected chi connectivity index (χ3v) is 4.64. The van der Waals surface area contributed by atoms with Crippen LogP contribution in [-0.2, 0) is 6.42 Å². The van der Waals surface area contributed by atoms with Crippen molar-refractivity contribution in [1.82, 2.24) is 0 Å². The summed E-state index contributed by atoms with van der Waals surface area (Å²) in [4.78, 5) is 0. The number of nitrogens with two attached hydrogens (primary N) is 1. The van der Waals surface area contributed by atoms with Gasteiger partial charge < -0.3 is 5.73 Å². The molecule has 112 valence electrons. The van der Waals surface area contributed by atoms with Crippen molar-refractivity contribution in [1.29, 1.82) is 0 Å². The highest BCUT2D eigenvalue weighted by Gasteiger charge is 2.32. The SMILES string of the molecule is CCCCC1CCC(N)(Cc2cccc(F)c2F)CC1. The van der Waals surface area contributed by atoms with E-state index in [1.165, 1.54) is 19.3 Å². The third-order valence-electron chi connectivity index (χ3n) is 4.64. The fraction of sp³-hybridized carbons (Fsp3) is 0.647. The van der Waals surface area contributed by atoms with Crippen molar-refractivity contribution in [2.24, 2.45) is 11.7 Å². The van der Waals surface area contributed by atoms with E-state index in [0.717, 1.165) is 37.7 Å². The molecule has 1 aromatic carbocycles. The Hall–Kier alpha value is -0.960. The van der Waals surface area contributed by atoms with Crippen LogP contribution in [0, 0.1) is 17.6 Å². The van der Waals surface area contributed by atoms with Gasteiger partial charge in [-0.2, -0.15) is 0 Å². The van der Waals surface area contributed by atoms with Crippen molar-refractivity contribution in [3.8, 4) is 0 Å². The summed E-state index contributed by atoms with van der Waals surface area (Å²) in [6.07, 6.45) is 8.30. The zero-order valence-corrected chi connectivity index (χ0v) is 12.3. The Balaban J connectivity index is 1.95. The van der Waals surface area contributed by atoms with Crippen LogP contribution in [0.15, 0.2) is 18.2 Å². The maximum atomic E-state index is 13.7. The minimum absolute atomic E-state index is 0.364. The molecule has 1 aliphatic rings. The highest BCUT2D eigenvalue weighted by atomic mass is 19.2. The highest BCUT2D eigenvalue weighted by Crippen LogP contribution is 2.35. The van der Waals surface area contributed by atoms with Crippen LogP contribution < -0.4 is 5.73 Å². The van der Waals surface area contributed by atoms with Crippen LogP contribution in [0.3, 0.4) is 0 Å². The van der Waals surface area contributed by atoms with Crippen molar-refractivity contribution in [3.05, 3.63) is 35.4 Å². The van der Waals surface area contributed by atoms with Crippen LogP contribution in [0.5, 0.6) is 0 Å². The molecular weight excluding hydrogens is 256 g/mol. The van der Waals surface area contributed by atoms with E-state index in [1.807, 2.05) is 0 Å². The van der Waals surface area contributed by atoms with E-state index in [0.29, 0.717) is 12.0 Å². The van der Waals surface area contributed by atoms with Gasteiger partial charge in [-0.25, -0.2) is 8.78 Å². The van der Waals surface area contributed by atoms with Crippen LogP contribution >= 0.6 is 0 Å². The van der Waals surface area contributed by atoms with E-state index in [9.17, 15) is 8.78 Å². The number of benzene rings is 1. The van der Waals surface area contributed by atoms with E-state index >= 15 is 0 Å². The molecule has 0 spiro atoms. The standard InChI is InChI=1S/C17H25F2N/c1-2-3-5-13-8-10-17(20,11-9-13)12-14-6-4-7-15(18)16(14)19/h4,6-7,13H,2-3,5,8-12,20H2,1H3. The average Bonchev–Trinajstić information content (AvgIpc) is 2.43. The Bertz CT molecular complexity index is 437. The number of unbranched alkanes of at least 4 members (excludes halogenated alkanes) is 1. The first-order chi connectivity index (χ1) is 9.54. The first-order valence-corrected chi connectivity index (χ1v) is 7.76. The lowest BCUT2D eigenvalue weighted by Gasteiger charge is -2.37. The van der Waals surface area contributed by atoms with Crippen LogP contribution in [0.4, 0.5) is 8.78 Å². The molecule has 3 heteroatoms. The summed E-state index contributed by atoms with van der Waals surface area (Å²) in [5.74, 6) is -0.739. The molecule has 1 aromatic rings. The number of hydrogen-bond acceptors (Lipinski definition) is 1. The summed E-state index contributed by atoms with van der Waals surface area (Å²) in [7, 11) is 0. The normalized spacial score (nSPS) is 26.7. The third kappa shape index (κ3) is 3.78. The van der Waals surface area contributed by atoms with Gasteiger partial charge >= 0.3 is 0 Å². The Morgan fingerprint density at radius 1 is 1.25 bits per heavy atom. The highest BCUT2D eigenvalue weighted by molar-refractivity contribution is 5.21. The van der Waals surface area contributed by atoms with E-state index in [-0.39, 0.29) is 5.54 Å². The van der Waals surface area contributed by atoms with Crippen molar-refractivity contribution in [2.75, 3.05) is 0 Å². The largest absolute Gasteiger partial charge is 0.325 e. The molecule has 1 aliphatic carbocycles. The minimum atomic E-state index is -0.775. The first kappa shape index (κ1) is 15.4. The van der Waals surface area contributed by atoms with Crippen LogP contribution in [0.25, 0.3) is 0 Å². The second-order valence-electron chi connectivity index (χ2n) is 6.34. The molecule has 0 aliphatic heterocycles. The van der Waals surface area contributed by atoms with E-state index in [4.69, 9.17) is 5.73 Å². The molecule has 1 nitrogen and oxygen atoms in total. The molecule has 0 amide bonds. The van der Waals surface area contributed by atoms with Gasteiger partial charge in [0.25, 0.3) is 0 Å². The van der Waals surface area contributed by atoms with Crippen molar-refractivity contribution < 1.29 is 8.78 Å². The summed E-state index contributed by atoms with van der Waals surface area (Å²) >= 11 is 0. The van der Waals surface area contributed by atoms with Crippen LogP contribution in [0.1, 0.15) is 57.4 Å². The van der Waals surface area contributed by atoms with Gasteiger partial charge in [-0.1, -0.05) is 38.3 Å². The molecule has 2 N–H and O–H groups in total. The Labute approximate surface area is 120 Å². The van der Waals surface area contributed by atoms with Gasteiger partial charge in [0.2, 0.25) is 0 Å². The molecule has 0 aromatic heterocycles. The van der Waals surface area contributed by atoms with Crippen molar-refractivity contribution >= 4 is 0 Å². The molecule has 0 unspecified atom stereocenters. The minimum Gasteiger partial charge on any atom is -0.325 e. The van der Waals surface area contributed by atoms with Gasteiger partial charge in [0.05, 0.1) is 0 Å². The van der Waals surface area contributed by atoms with E-state index < -0.39 is 11.6 Å². The monoisotopic (exact) mass is 281 g/mol. The number of rotatable bonds is 5. The lowest BCUT2D eigenvalue weighted by molar-refractivity contribution is 0.220. The Morgan fingerprint density at radius 3 is 2.60 bits per heavy atom. The summed E-state index contributed by atoms with van der Waals surface area (Å²) in [5, 5.41) is 0. The van der Waals surface area contributed by atoms with E-state index in [2.05, 4.69) is 6.92 Å². The smallest absolute Gasteiger partial charge is 0.162 e. The molecule has 0 atom stereocenters. The van der Waals surface area contributed by atoms with Gasteiger partial charge in [-0.05, 0) is 49.7 Å².